The van der Waals surface area contributed by atoms with Crippen molar-refractivity contribution >= 4 is 29.1 Å². The standard InChI is InChI=1S/C23H25N2OP/c24-19-23(26)25-17-10-18-27(20-11-4-1-5-12-20,21-13-6-2-7-14-21)22-15-8-3-9-16-22/h1-9,11-16H,10,17-19,24H2/p+1. The highest BCUT2D eigenvalue weighted by molar-refractivity contribution is 7.95. The van der Waals surface area contributed by atoms with Crippen LogP contribution >= 0.6 is 7.26 Å². The molecule has 3 aromatic carbocycles. The minimum atomic E-state index is -1.80. The van der Waals surface area contributed by atoms with E-state index in [0.717, 1.165) is 12.6 Å². The Balaban J connectivity index is 2.04. The lowest BCUT2D eigenvalue weighted by Crippen LogP contribution is -2.35. The molecule has 0 aliphatic heterocycles. The van der Waals surface area contributed by atoms with Crippen LogP contribution in [0.25, 0.3) is 0 Å². The Bertz CT molecular complexity index is 741. The average Bonchev–Trinajstić information content (AvgIpc) is 2.75. The van der Waals surface area contributed by atoms with Crippen LogP contribution in [0.2, 0.25) is 0 Å². The van der Waals surface area contributed by atoms with E-state index in [1.807, 2.05) is 0 Å². The maximum atomic E-state index is 11.5. The highest BCUT2D eigenvalue weighted by atomic mass is 31.2. The second-order valence-corrected chi connectivity index (χ2v) is 10.1. The summed E-state index contributed by atoms with van der Waals surface area (Å²) in [4.78, 5) is 11.5. The molecule has 3 N–H and O–H groups in total. The van der Waals surface area contributed by atoms with Gasteiger partial charge in [-0.05, 0) is 42.8 Å². The largest absolute Gasteiger partial charge is 0.355 e. The first kappa shape index (κ1) is 19.3. The van der Waals surface area contributed by atoms with Gasteiger partial charge in [0.15, 0.2) is 0 Å². The summed E-state index contributed by atoms with van der Waals surface area (Å²) in [5.74, 6) is -0.0990. The minimum absolute atomic E-state index is 0.0380. The van der Waals surface area contributed by atoms with Crippen LogP contribution in [0.3, 0.4) is 0 Å². The van der Waals surface area contributed by atoms with Gasteiger partial charge < -0.3 is 11.1 Å². The molecule has 0 aliphatic rings. The Labute approximate surface area is 162 Å². The molecule has 3 rings (SSSR count). The van der Waals surface area contributed by atoms with Gasteiger partial charge in [-0.15, -0.1) is 0 Å². The molecule has 27 heavy (non-hydrogen) atoms. The number of benzene rings is 3. The zero-order chi connectivity index (χ0) is 19.0. The first-order valence-electron chi connectivity index (χ1n) is 9.29. The van der Waals surface area contributed by atoms with Crippen molar-refractivity contribution in [1.82, 2.24) is 5.32 Å². The molecule has 0 saturated heterocycles. The highest BCUT2D eigenvalue weighted by Gasteiger charge is 2.44. The van der Waals surface area contributed by atoms with E-state index in [4.69, 9.17) is 5.73 Å². The molecule has 0 saturated carbocycles. The quantitative estimate of drug-likeness (QED) is 0.468. The number of rotatable bonds is 8. The molecule has 3 nitrogen and oxygen atoms in total. The van der Waals surface area contributed by atoms with E-state index in [0.29, 0.717) is 6.54 Å². The van der Waals surface area contributed by atoms with Crippen molar-refractivity contribution in [3.8, 4) is 0 Å². The molecular weight excluding hydrogens is 351 g/mol. The molecule has 0 heterocycles. The maximum Gasteiger partial charge on any atom is 0.233 e. The third kappa shape index (κ3) is 4.44. The SMILES string of the molecule is NCC(=O)NCCC[P+](c1ccccc1)(c1ccccc1)c1ccccc1. The number of carbonyl (C=O) groups is 1. The smallest absolute Gasteiger partial charge is 0.233 e. The molecule has 1 amide bonds. The van der Waals surface area contributed by atoms with Crippen LogP contribution in [0, 0.1) is 0 Å². The van der Waals surface area contributed by atoms with Gasteiger partial charge in [-0.1, -0.05) is 54.6 Å². The number of hydrogen-bond donors (Lipinski definition) is 2. The fraction of sp³-hybridized carbons (Fsp3) is 0.174. The van der Waals surface area contributed by atoms with Crippen LogP contribution in [-0.4, -0.2) is 25.2 Å². The third-order valence-corrected chi connectivity index (χ3v) is 9.29. The van der Waals surface area contributed by atoms with E-state index in [-0.39, 0.29) is 12.5 Å². The maximum absolute atomic E-state index is 11.5. The summed E-state index contributed by atoms with van der Waals surface area (Å²) >= 11 is 0. The fourth-order valence-corrected chi connectivity index (χ4v) is 7.84. The second-order valence-electron chi connectivity index (χ2n) is 6.45. The number of nitrogens with two attached hydrogens (primary N) is 1. The van der Waals surface area contributed by atoms with Gasteiger partial charge in [-0.3, -0.25) is 4.79 Å². The molecule has 138 valence electrons. The van der Waals surface area contributed by atoms with Crippen molar-refractivity contribution in [2.45, 2.75) is 6.42 Å². The normalized spacial score (nSPS) is 11.1. The van der Waals surface area contributed by atoms with Crippen LogP contribution in [0.1, 0.15) is 6.42 Å². The average molecular weight is 377 g/mol. The molecule has 0 unspecified atom stereocenters. The Morgan fingerprint density at radius 2 is 1.15 bits per heavy atom. The van der Waals surface area contributed by atoms with Gasteiger partial charge >= 0.3 is 0 Å². The van der Waals surface area contributed by atoms with Gasteiger partial charge in [0.05, 0.1) is 12.7 Å². The number of hydrogen-bond acceptors (Lipinski definition) is 2. The summed E-state index contributed by atoms with van der Waals surface area (Å²) in [5.41, 5.74) is 5.41. The summed E-state index contributed by atoms with van der Waals surface area (Å²) in [5, 5.41) is 7.02. The van der Waals surface area contributed by atoms with Crippen LogP contribution in [-0.2, 0) is 4.79 Å². The van der Waals surface area contributed by atoms with Gasteiger partial charge in [0.2, 0.25) is 5.91 Å². The van der Waals surface area contributed by atoms with Crippen molar-refractivity contribution in [2.75, 3.05) is 19.3 Å². The lowest BCUT2D eigenvalue weighted by molar-refractivity contribution is -0.119. The molecule has 0 fully saturated rings. The van der Waals surface area contributed by atoms with Crippen molar-refractivity contribution < 1.29 is 4.79 Å². The summed E-state index contributed by atoms with van der Waals surface area (Å²) < 4.78 is 0. The molecule has 0 aliphatic carbocycles. The number of carbonyl (C=O) groups excluding carboxylic acids is 1. The van der Waals surface area contributed by atoms with E-state index in [9.17, 15) is 4.79 Å². The Morgan fingerprint density at radius 1 is 0.741 bits per heavy atom. The van der Waals surface area contributed by atoms with Crippen molar-refractivity contribution in [1.29, 1.82) is 0 Å². The molecule has 0 atom stereocenters. The summed E-state index contributed by atoms with van der Waals surface area (Å²) in [6, 6.07) is 32.4. The van der Waals surface area contributed by atoms with Gasteiger partial charge in [0, 0.05) is 6.54 Å². The van der Waals surface area contributed by atoms with Crippen LogP contribution in [0.15, 0.2) is 91.0 Å². The van der Waals surface area contributed by atoms with Gasteiger partial charge in [-0.2, -0.15) is 0 Å². The molecule has 0 bridgehead atoms. The summed E-state index contributed by atoms with van der Waals surface area (Å²) in [6.45, 7) is 0.681. The summed E-state index contributed by atoms with van der Waals surface area (Å²) in [7, 11) is -1.80. The zero-order valence-corrected chi connectivity index (χ0v) is 16.3. The monoisotopic (exact) mass is 377 g/mol. The Morgan fingerprint density at radius 3 is 1.52 bits per heavy atom. The van der Waals surface area contributed by atoms with E-state index >= 15 is 0 Å². The number of amides is 1. The van der Waals surface area contributed by atoms with Crippen LogP contribution in [0.5, 0.6) is 0 Å². The van der Waals surface area contributed by atoms with Gasteiger partial charge in [-0.25, -0.2) is 0 Å². The lowest BCUT2D eigenvalue weighted by atomic mass is 10.3. The lowest BCUT2D eigenvalue weighted by Gasteiger charge is -2.27. The van der Waals surface area contributed by atoms with Crippen LogP contribution in [0.4, 0.5) is 0 Å². The Kier molecular flexibility index (Phi) is 6.75. The third-order valence-electron chi connectivity index (χ3n) is 4.77. The predicted octanol–water partition coefficient (Wildman–Crippen LogP) is 2.45. The molecule has 4 heteroatoms. The first-order chi connectivity index (χ1) is 13.3. The minimum Gasteiger partial charge on any atom is -0.355 e. The first-order valence-corrected chi connectivity index (χ1v) is 11.3. The van der Waals surface area contributed by atoms with Crippen molar-refractivity contribution in [3.63, 3.8) is 0 Å². The molecular formula is C23H26N2OP+. The predicted molar refractivity (Wildman–Crippen MR) is 117 cm³/mol. The van der Waals surface area contributed by atoms with Gasteiger partial charge in [0.1, 0.15) is 23.2 Å². The second kappa shape index (κ2) is 9.45. The summed E-state index contributed by atoms with van der Waals surface area (Å²) in [6.07, 6.45) is 1.90. The zero-order valence-electron chi connectivity index (χ0n) is 15.4. The van der Waals surface area contributed by atoms with E-state index in [1.54, 1.807) is 0 Å². The van der Waals surface area contributed by atoms with Crippen molar-refractivity contribution in [2.24, 2.45) is 5.73 Å². The van der Waals surface area contributed by atoms with Crippen molar-refractivity contribution in [3.05, 3.63) is 91.0 Å². The van der Waals surface area contributed by atoms with Gasteiger partial charge in [0.25, 0.3) is 0 Å². The molecule has 0 spiro atoms. The van der Waals surface area contributed by atoms with Crippen LogP contribution < -0.4 is 27.0 Å². The fourth-order valence-electron chi connectivity index (χ4n) is 3.50. The Hall–Kier alpha value is -2.48. The van der Waals surface area contributed by atoms with E-state index in [1.165, 1.54) is 15.9 Å². The number of nitrogens with one attached hydrogen (secondary N) is 1. The van der Waals surface area contributed by atoms with E-state index < -0.39 is 7.26 Å². The molecule has 0 radical (unpaired) electrons. The molecule has 3 aromatic rings. The molecule has 0 aromatic heterocycles. The highest BCUT2D eigenvalue weighted by Crippen LogP contribution is 2.55. The van der Waals surface area contributed by atoms with E-state index in [2.05, 4.69) is 96.3 Å². The topological polar surface area (TPSA) is 55.1 Å².